The molecular weight excluding hydrogens is 262 g/mol. The van der Waals surface area contributed by atoms with Crippen LogP contribution in [0.1, 0.15) is 25.8 Å². The Hall–Kier alpha value is -2.15. The van der Waals surface area contributed by atoms with Crippen LogP contribution >= 0.6 is 0 Å². The van der Waals surface area contributed by atoms with E-state index in [9.17, 15) is 20.0 Å². The molecule has 7 nitrogen and oxygen atoms in total. The van der Waals surface area contributed by atoms with E-state index in [2.05, 4.69) is 10.6 Å². The summed E-state index contributed by atoms with van der Waals surface area (Å²) in [6, 6.07) is 2.94. The van der Waals surface area contributed by atoms with Gasteiger partial charge in [-0.1, -0.05) is 6.92 Å². The Balaban J connectivity index is 2.30. The first-order chi connectivity index (χ1) is 9.32. The first-order valence-corrected chi connectivity index (χ1v) is 6.40. The second-order valence-electron chi connectivity index (χ2n) is 5.21. The van der Waals surface area contributed by atoms with E-state index in [1.165, 1.54) is 6.07 Å². The Bertz CT molecular complexity index is 569. The van der Waals surface area contributed by atoms with Gasteiger partial charge in [0.25, 0.3) is 5.69 Å². The van der Waals surface area contributed by atoms with Crippen molar-refractivity contribution in [2.45, 2.75) is 32.3 Å². The van der Waals surface area contributed by atoms with E-state index in [4.69, 9.17) is 0 Å². The summed E-state index contributed by atoms with van der Waals surface area (Å²) < 4.78 is 0. The fourth-order valence-corrected chi connectivity index (χ4v) is 1.96. The zero-order valence-corrected chi connectivity index (χ0v) is 11.4. The third-order valence-electron chi connectivity index (χ3n) is 3.46. The van der Waals surface area contributed by atoms with Crippen LogP contribution in [-0.2, 0) is 11.2 Å². The minimum atomic E-state index is -0.948. The van der Waals surface area contributed by atoms with Crippen molar-refractivity contribution in [3.63, 3.8) is 0 Å². The number of hydrogen-bond acceptors (Lipinski definition) is 5. The number of aliphatic hydroxyl groups is 1. The highest BCUT2D eigenvalue weighted by molar-refractivity contribution is 6.00. The molecule has 0 saturated carbocycles. The minimum Gasteiger partial charge on any atom is -0.388 e. The van der Waals surface area contributed by atoms with Gasteiger partial charge in [-0.15, -0.1) is 0 Å². The molecule has 1 heterocycles. The lowest BCUT2D eigenvalue weighted by molar-refractivity contribution is -0.384. The van der Waals surface area contributed by atoms with Crippen molar-refractivity contribution in [2.75, 3.05) is 17.2 Å². The van der Waals surface area contributed by atoms with Gasteiger partial charge in [-0.3, -0.25) is 14.9 Å². The molecule has 1 atom stereocenters. The molecule has 0 fully saturated rings. The number of benzene rings is 1. The summed E-state index contributed by atoms with van der Waals surface area (Å²) >= 11 is 0. The highest BCUT2D eigenvalue weighted by atomic mass is 16.6. The fourth-order valence-electron chi connectivity index (χ4n) is 1.96. The number of anilines is 2. The lowest BCUT2D eigenvalue weighted by atomic mass is 10.0. The molecule has 0 aromatic heterocycles. The van der Waals surface area contributed by atoms with Crippen LogP contribution in [0.3, 0.4) is 0 Å². The number of nitrogens with one attached hydrogen (secondary N) is 2. The molecule has 20 heavy (non-hydrogen) atoms. The first-order valence-electron chi connectivity index (χ1n) is 6.40. The third kappa shape index (κ3) is 2.88. The molecule has 1 aliphatic rings. The number of carbonyl (C=O) groups is 1. The maximum Gasteiger partial charge on any atom is 0.292 e. The number of nitro benzene ring substituents is 1. The Morgan fingerprint density at radius 1 is 1.55 bits per heavy atom. The molecule has 0 spiro atoms. The van der Waals surface area contributed by atoms with Crippen LogP contribution in [0.4, 0.5) is 17.1 Å². The van der Waals surface area contributed by atoms with Gasteiger partial charge in [0.05, 0.1) is 16.9 Å². The van der Waals surface area contributed by atoms with Crippen LogP contribution < -0.4 is 10.6 Å². The zero-order chi connectivity index (χ0) is 14.9. The van der Waals surface area contributed by atoms with Gasteiger partial charge >= 0.3 is 0 Å². The zero-order valence-electron chi connectivity index (χ0n) is 11.4. The number of amides is 1. The quantitative estimate of drug-likeness (QED) is 0.561. The number of fused-ring (bicyclic) bond motifs is 1. The molecule has 0 radical (unpaired) electrons. The van der Waals surface area contributed by atoms with Crippen LogP contribution in [0.15, 0.2) is 12.1 Å². The standard InChI is InChI=1S/C13H17N3O4/c1-3-13(2,18)7-14-10-6-9-8(5-12(17)15-9)4-11(10)16(19)20/h4,6,14,18H,3,5,7H2,1-2H3,(H,15,17). The van der Waals surface area contributed by atoms with E-state index in [0.29, 0.717) is 23.4 Å². The maximum absolute atomic E-state index is 11.3. The monoisotopic (exact) mass is 279 g/mol. The van der Waals surface area contributed by atoms with Crippen LogP contribution in [0.25, 0.3) is 0 Å². The van der Waals surface area contributed by atoms with Gasteiger partial charge in [0.15, 0.2) is 0 Å². The lowest BCUT2D eigenvalue weighted by Crippen LogP contribution is -2.32. The van der Waals surface area contributed by atoms with Crippen molar-refractivity contribution in [3.8, 4) is 0 Å². The predicted molar refractivity (Wildman–Crippen MR) is 74.8 cm³/mol. The summed E-state index contributed by atoms with van der Waals surface area (Å²) in [5, 5.41) is 26.6. The second-order valence-corrected chi connectivity index (χ2v) is 5.21. The number of hydrogen-bond donors (Lipinski definition) is 3. The first kappa shape index (κ1) is 14.3. The highest BCUT2D eigenvalue weighted by Crippen LogP contribution is 2.34. The van der Waals surface area contributed by atoms with E-state index in [1.807, 2.05) is 6.92 Å². The lowest BCUT2D eigenvalue weighted by Gasteiger charge is -2.22. The van der Waals surface area contributed by atoms with Gasteiger partial charge in [0, 0.05) is 18.3 Å². The Kier molecular flexibility index (Phi) is 3.63. The summed E-state index contributed by atoms with van der Waals surface area (Å²) in [5.74, 6) is -0.174. The molecule has 0 aliphatic carbocycles. The maximum atomic E-state index is 11.3. The molecule has 2 rings (SSSR count). The van der Waals surface area contributed by atoms with E-state index < -0.39 is 10.5 Å². The topological polar surface area (TPSA) is 104 Å². The average Bonchev–Trinajstić information content (AvgIpc) is 2.74. The summed E-state index contributed by atoms with van der Waals surface area (Å²) in [6.07, 6.45) is 0.679. The second kappa shape index (κ2) is 5.09. The predicted octanol–water partition coefficient (Wildman–Crippen LogP) is 1.66. The van der Waals surface area contributed by atoms with Gasteiger partial charge in [-0.2, -0.15) is 0 Å². The van der Waals surface area contributed by atoms with E-state index in [1.54, 1.807) is 13.0 Å². The van der Waals surface area contributed by atoms with Crippen molar-refractivity contribution in [1.29, 1.82) is 0 Å². The molecule has 1 aliphatic heterocycles. The Morgan fingerprint density at radius 3 is 2.85 bits per heavy atom. The number of nitro groups is 1. The Morgan fingerprint density at radius 2 is 2.25 bits per heavy atom. The van der Waals surface area contributed by atoms with Gasteiger partial charge < -0.3 is 15.7 Å². The van der Waals surface area contributed by atoms with Gasteiger partial charge in [0.2, 0.25) is 5.91 Å². The molecule has 0 saturated heterocycles. The smallest absolute Gasteiger partial charge is 0.292 e. The van der Waals surface area contributed by atoms with E-state index in [0.717, 1.165) is 0 Å². The molecule has 108 valence electrons. The van der Waals surface area contributed by atoms with Crippen molar-refractivity contribution >= 4 is 23.0 Å². The van der Waals surface area contributed by atoms with Crippen LogP contribution in [0.2, 0.25) is 0 Å². The largest absolute Gasteiger partial charge is 0.388 e. The van der Waals surface area contributed by atoms with Crippen molar-refractivity contribution in [2.24, 2.45) is 0 Å². The molecule has 1 aromatic rings. The number of nitrogens with zero attached hydrogens (tertiary/aromatic N) is 1. The third-order valence-corrected chi connectivity index (χ3v) is 3.46. The van der Waals surface area contributed by atoms with Crippen molar-refractivity contribution < 1.29 is 14.8 Å². The van der Waals surface area contributed by atoms with Crippen molar-refractivity contribution in [3.05, 3.63) is 27.8 Å². The van der Waals surface area contributed by atoms with Gasteiger partial charge in [0.1, 0.15) is 5.69 Å². The van der Waals surface area contributed by atoms with Gasteiger partial charge in [-0.05, 0) is 25.0 Å². The van der Waals surface area contributed by atoms with Crippen molar-refractivity contribution in [1.82, 2.24) is 0 Å². The number of carbonyl (C=O) groups excluding carboxylic acids is 1. The summed E-state index contributed by atoms with van der Waals surface area (Å²) in [7, 11) is 0. The fraction of sp³-hybridized carbons (Fsp3) is 0.462. The molecule has 1 unspecified atom stereocenters. The van der Waals surface area contributed by atoms with Gasteiger partial charge in [-0.25, -0.2) is 0 Å². The Labute approximate surface area is 116 Å². The normalized spacial score (nSPS) is 16.2. The van der Waals surface area contributed by atoms with E-state index >= 15 is 0 Å². The molecule has 1 amide bonds. The highest BCUT2D eigenvalue weighted by Gasteiger charge is 2.26. The van der Waals surface area contributed by atoms with Crippen LogP contribution in [-0.4, -0.2) is 28.1 Å². The summed E-state index contributed by atoms with van der Waals surface area (Å²) in [4.78, 5) is 21.9. The SMILES string of the molecule is CCC(C)(O)CNc1cc2c(cc1[N+](=O)[O-])CC(=O)N2. The van der Waals surface area contributed by atoms with E-state index in [-0.39, 0.29) is 24.6 Å². The minimum absolute atomic E-state index is 0.0906. The number of rotatable bonds is 5. The van der Waals surface area contributed by atoms with Crippen LogP contribution in [0, 0.1) is 10.1 Å². The average molecular weight is 279 g/mol. The molecule has 0 bridgehead atoms. The molecule has 1 aromatic carbocycles. The molecular formula is C13H17N3O4. The molecule has 7 heteroatoms. The summed E-state index contributed by atoms with van der Waals surface area (Å²) in [5.41, 5.74) is 0.460. The summed E-state index contributed by atoms with van der Waals surface area (Å²) in [6.45, 7) is 3.68. The van der Waals surface area contributed by atoms with Crippen LogP contribution in [0.5, 0.6) is 0 Å². The molecule has 3 N–H and O–H groups in total.